The van der Waals surface area contributed by atoms with Gasteiger partial charge in [0.25, 0.3) is 5.91 Å². The monoisotopic (exact) mass is 614 g/mol. The van der Waals surface area contributed by atoms with Gasteiger partial charge in [0.05, 0.1) is 31.4 Å². The zero-order valence-corrected chi connectivity index (χ0v) is 25.7. The Labute approximate surface area is 258 Å². The standard InChI is InChI=1S/C29H46N10O5/c1-19-17-37(12-13-44-19)20(2)26(41)36-23(14-25(40)35-15-21-4-3-10-38(18-21)29(30)31)28(43)39(22-5-6-22)11-9-34-27(42)24-16-32-7-8-33-24/h7-8,16,19-23H,3-6,9-15,17-18H2,1-2H3,(H3,30,31)(H,34,42)(H,35,40)(H,36,41)/t19?,20?,21-,23-/m0/s1. The number of amides is 4. The third kappa shape index (κ3) is 9.58. The molecule has 1 aliphatic carbocycles. The first-order valence-electron chi connectivity index (χ1n) is 15.5. The van der Waals surface area contributed by atoms with Crippen LogP contribution in [0.1, 0.15) is 56.4 Å². The van der Waals surface area contributed by atoms with Crippen LogP contribution in [-0.2, 0) is 19.1 Å². The van der Waals surface area contributed by atoms with Crippen molar-refractivity contribution >= 4 is 29.6 Å². The van der Waals surface area contributed by atoms with Crippen molar-refractivity contribution in [3.8, 4) is 0 Å². The Morgan fingerprint density at radius 2 is 1.95 bits per heavy atom. The van der Waals surface area contributed by atoms with Crippen molar-refractivity contribution in [1.82, 2.24) is 40.6 Å². The molecule has 4 amide bonds. The molecule has 1 aromatic heterocycles. The maximum absolute atomic E-state index is 13.9. The lowest BCUT2D eigenvalue weighted by Crippen LogP contribution is -2.57. The van der Waals surface area contributed by atoms with Gasteiger partial charge in [-0.1, -0.05) is 0 Å². The van der Waals surface area contributed by atoms with Crippen LogP contribution in [0.2, 0.25) is 0 Å². The summed E-state index contributed by atoms with van der Waals surface area (Å²) in [5.41, 5.74) is 5.83. The topological polar surface area (TPSA) is 199 Å². The number of aromatic nitrogens is 2. The fraction of sp³-hybridized carbons (Fsp3) is 0.690. The minimum atomic E-state index is -1.07. The summed E-state index contributed by atoms with van der Waals surface area (Å²) in [6.45, 7) is 7.54. The predicted molar refractivity (Wildman–Crippen MR) is 161 cm³/mol. The molecular weight excluding hydrogens is 568 g/mol. The highest BCUT2D eigenvalue weighted by Gasteiger charge is 2.38. The highest BCUT2D eigenvalue weighted by molar-refractivity contribution is 5.94. The van der Waals surface area contributed by atoms with Gasteiger partial charge in [-0.2, -0.15) is 0 Å². The third-order valence-electron chi connectivity index (χ3n) is 8.36. The number of nitrogens with one attached hydrogen (secondary N) is 4. The molecule has 1 aromatic rings. The van der Waals surface area contributed by atoms with Crippen LogP contribution >= 0.6 is 0 Å². The number of rotatable bonds is 13. The number of guanidine groups is 1. The lowest BCUT2D eigenvalue weighted by molar-refractivity contribution is -0.140. The van der Waals surface area contributed by atoms with Crippen LogP contribution in [0.5, 0.6) is 0 Å². The Hall–Kier alpha value is -3.85. The highest BCUT2D eigenvalue weighted by Crippen LogP contribution is 2.27. The molecule has 2 saturated heterocycles. The first-order chi connectivity index (χ1) is 21.1. The highest BCUT2D eigenvalue weighted by atomic mass is 16.5. The van der Waals surface area contributed by atoms with Crippen molar-refractivity contribution in [2.45, 2.75) is 70.2 Å². The zero-order chi connectivity index (χ0) is 31.6. The van der Waals surface area contributed by atoms with Crippen molar-refractivity contribution in [1.29, 1.82) is 5.41 Å². The van der Waals surface area contributed by atoms with E-state index in [-0.39, 0.29) is 66.9 Å². The molecule has 0 spiro atoms. The number of hydrogen-bond acceptors (Lipinski definition) is 9. The summed E-state index contributed by atoms with van der Waals surface area (Å²) in [5, 5.41) is 16.3. The number of ether oxygens (including phenoxy) is 1. The number of morpholine rings is 1. The summed E-state index contributed by atoms with van der Waals surface area (Å²) in [4.78, 5) is 66.3. The number of hydrogen-bond donors (Lipinski definition) is 5. The Kier molecular flexibility index (Phi) is 11.8. The molecule has 6 N–H and O–H groups in total. The minimum absolute atomic E-state index is 0.0108. The molecule has 0 bridgehead atoms. The molecule has 242 valence electrons. The first-order valence-corrected chi connectivity index (χ1v) is 15.5. The molecule has 2 aliphatic heterocycles. The molecule has 3 fully saturated rings. The maximum atomic E-state index is 13.9. The van der Waals surface area contributed by atoms with Crippen molar-refractivity contribution < 1.29 is 23.9 Å². The van der Waals surface area contributed by atoms with E-state index >= 15 is 0 Å². The summed E-state index contributed by atoms with van der Waals surface area (Å²) >= 11 is 0. The molecule has 4 atom stereocenters. The zero-order valence-electron chi connectivity index (χ0n) is 25.7. The molecule has 3 aliphatic rings. The van der Waals surface area contributed by atoms with Crippen LogP contribution in [0.25, 0.3) is 0 Å². The molecule has 0 radical (unpaired) electrons. The Morgan fingerprint density at radius 1 is 1.16 bits per heavy atom. The average molecular weight is 615 g/mol. The number of likely N-dealkylation sites (tertiary alicyclic amines) is 1. The van der Waals surface area contributed by atoms with Gasteiger partial charge in [0.1, 0.15) is 11.7 Å². The molecule has 0 aromatic carbocycles. The van der Waals surface area contributed by atoms with E-state index in [1.165, 1.54) is 18.6 Å². The van der Waals surface area contributed by atoms with E-state index in [9.17, 15) is 19.2 Å². The van der Waals surface area contributed by atoms with E-state index in [1.54, 1.807) is 16.7 Å². The summed E-state index contributed by atoms with van der Waals surface area (Å²) < 4.78 is 5.61. The van der Waals surface area contributed by atoms with Gasteiger partial charge >= 0.3 is 0 Å². The second-order valence-electron chi connectivity index (χ2n) is 11.9. The van der Waals surface area contributed by atoms with Crippen molar-refractivity contribution in [2.24, 2.45) is 11.7 Å². The van der Waals surface area contributed by atoms with E-state index < -0.39 is 18.0 Å². The van der Waals surface area contributed by atoms with Crippen LogP contribution in [-0.4, -0.2) is 131 Å². The number of nitrogens with zero attached hydrogens (tertiary/aromatic N) is 5. The summed E-state index contributed by atoms with van der Waals surface area (Å²) in [7, 11) is 0. The van der Waals surface area contributed by atoms with Gasteiger partial charge in [0.15, 0.2) is 5.96 Å². The molecule has 15 heteroatoms. The van der Waals surface area contributed by atoms with Crippen LogP contribution < -0.4 is 21.7 Å². The van der Waals surface area contributed by atoms with Gasteiger partial charge in [-0.3, -0.25) is 34.5 Å². The predicted octanol–water partition coefficient (Wildman–Crippen LogP) is -1.10. The van der Waals surface area contributed by atoms with Crippen molar-refractivity contribution in [3.05, 3.63) is 24.3 Å². The molecule has 44 heavy (non-hydrogen) atoms. The van der Waals surface area contributed by atoms with E-state index in [0.29, 0.717) is 32.8 Å². The lowest BCUT2D eigenvalue weighted by atomic mass is 9.98. The van der Waals surface area contributed by atoms with Gasteiger partial charge in [0.2, 0.25) is 17.7 Å². The number of nitrogens with two attached hydrogens (primary N) is 1. The van der Waals surface area contributed by atoms with Crippen molar-refractivity contribution in [3.63, 3.8) is 0 Å². The van der Waals surface area contributed by atoms with Crippen LogP contribution in [0.3, 0.4) is 0 Å². The lowest BCUT2D eigenvalue weighted by Gasteiger charge is -2.36. The summed E-state index contributed by atoms with van der Waals surface area (Å²) in [5.74, 6) is -1.28. The van der Waals surface area contributed by atoms with E-state index in [0.717, 1.165) is 32.2 Å². The fourth-order valence-electron chi connectivity index (χ4n) is 5.68. The normalized spacial score (nSPS) is 21.9. The first kappa shape index (κ1) is 33.1. The van der Waals surface area contributed by atoms with E-state index in [4.69, 9.17) is 15.9 Å². The Bertz CT molecular complexity index is 1170. The van der Waals surface area contributed by atoms with Crippen LogP contribution in [0.15, 0.2) is 18.6 Å². The quantitative estimate of drug-likeness (QED) is 0.134. The Morgan fingerprint density at radius 3 is 2.64 bits per heavy atom. The maximum Gasteiger partial charge on any atom is 0.271 e. The largest absolute Gasteiger partial charge is 0.376 e. The molecule has 3 heterocycles. The smallest absolute Gasteiger partial charge is 0.271 e. The van der Waals surface area contributed by atoms with Gasteiger partial charge in [-0.25, -0.2) is 4.98 Å². The van der Waals surface area contributed by atoms with Gasteiger partial charge < -0.3 is 36.2 Å². The van der Waals surface area contributed by atoms with Gasteiger partial charge in [-0.15, -0.1) is 0 Å². The van der Waals surface area contributed by atoms with Gasteiger partial charge in [-0.05, 0) is 45.4 Å². The molecule has 2 unspecified atom stereocenters. The molecule has 15 nitrogen and oxygen atoms in total. The molecule has 1 saturated carbocycles. The summed E-state index contributed by atoms with van der Waals surface area (Å²) in [6.07, 6.45) is 7.45. The second-order valence-corrected chi connectivity index (χ2v) is 11.9. The van der Waals surface area contributed by atoms with E-state index in [2.05, 4.69) is 25.9 Å². The fourth-order valence-corrected chi connectivity index (χ4v) is 5.68. The number of carbonyl (C=O) groups excluding carboxylic acids is 4. The van der Waals surface area contributed by atoms with Gasteiger partial charge in [0, 0.05) is 64.2 Å². The van der Waals surface area contributed by atoms with Crippen LogP contribution in [0, 0.1) is 11.3 Å². The average Bonchev–Trinajstić information content (AvgIpc) is 3.87. The number of carbonyl (C=O) groups is 4. The van der Waals surface area contributed by atoms with Crippen LogP contribution in [0.4, 0.5) is 0 Å². The second kappa shape index (κ2) is 15.7. The van der Waals surface area contributed by atoms with Crippen molar-refractivity contribution in [2.75, 3.05) is 52.4 Å². The summed E-state index contributed by atoms with van der Waals surface area (Å²) in [6, 6.07) is -1.60. The Balaban J connectivity index is 1.39. The molecular formula is C29H46N10O5. The van der Waals surface area contributed by atoms with E-state index in [1.807, 2.05) is 11.8 Å². The third-order valence-corrected chi connectivity index (χ3v) is 8.36. The SMILES string of the molecule is CC1CN(C(C)C(=O)N[C@@H](CC(=O)NC[C@@H]2CCCN(C(=N)N)C2)C(=O)N(CCNC(=O)c2cnccn2)C2CC2)CCO1. The number of piperidine rings is 1. The minimum Gasteiger partial charge on any atom is -0.376 e. The molecule has 4 rings (SSSR count).